The highest BCUT2D eigenvalue weighted by molar-refractivity contribution is 7.20. The summed E-state index contributed by atoms with van der Waals surface area (Å²) in [6.45, 7) is 1.91. The number of nitrogens with one attached hydrogen (secondary N) is 2. The number of methoxy groups -OCH3 is 1. The third-order valence-corrected chi connectivity index (χ3v) is 5.07. The van der Waals surface area contributed by atoms with Gasteiger partial charge in [0.1, 0.15) is 10.6 Å². The Hall–Kier alpha value is -2.87. The summed E-state index contributed by atoms with van der Waals surface area (Å²) in [4.78, 5) is 26.2. The molecule has 0 unspecified atom stereocenters. The molecular formula is C17H18N4O3S. The fourth-order valence-corrected chi connectivity index (χ4v) is 3.60. The Labute approximate surface area is 148 Å². The first-order valence-electron chi connectivity index (χ1n) is 7.59. The van der Waals surface area contributed by atoms with Crippen molar-refractivity contribution in [3.05, 3.63) is 40.4 Å². The number of thiophene rings is 1. The maximum absolute atomic E-state index is 12.6. The van der Waals surface area contributed by atoms with Gasteiger partial charge in [0, 0.05) is 19.5 Å². The van der Waals surface area contributed by atoms with Gasteiger partial charge in [0.2, 0.25) is 0 Å². The largest absolute Gasteiger partial charge is 0.497 e. The second-order valence-corrected chi connectivity index (χ2v) is 6.51. The molecule has 1 aromatic carbocycles. The molecule has 0 radical (unpaired) electrons. The summed E-state index contributed by atoms with van der Waals surface area (Å²) in [7, 11) is 4.91. The molecule has 2 amide bonds. The van der Waals surface area contributed by atoms with E-state index in [0.717, 1.165) is 15.9 Å². The van der Waals surface area contributed by atoms with Gasteiger partial charge in [-0.3, -0.25) is 14.3 Å². The SMILES string of the molecule is CNC(=O)c1cc(OC)ccc1NC(=O)c1cc2c(C)nn(C)c2s1. The number of benzene rings is 1. The van der Waals surface area contributed by atoms with E-state index in [1.54, 1.807) is 22.9 Å². The summed E-state index contributed by atoms with van der Waals surface area (Å²) >= 11 is 1.36. The number of rotatable bonds is 4. The normalized spacial score (nSPS) is 10.7. The van der Waals surface area contributed by atoms with Crippen LogP contribution >= 0.6 is 11.3 Å². The van der Waals surface area contributed by atoms with Crippen LogP contribution in [0.3, 0.4) is 0 Å². The molecule has 0 bridgehead atoms. The van der Waals surface area contributed by atoms with E-state index in [4.69, 9.17) is 4.74 Å². The first-order valence-corrected chi connectivity index (χ1v) is 8.41. The van der Waals surface area contributed by atoms with Gasteiger partial charge >= 0.3 is 0 Å². The number of hydrogen-bond donors (Lipinski definition) is 2. The van der Waals surface area contributed by atoms with Crippen molar-refractivity contribution in [3.63, 3.8) is 0 Å². The standard InChI is InChI=1S/C17H18N4O3S/c1-9-11-8-14(25-17(11)21(3)20-9)16(23)19-13-6-5-10(24-4)7-12(13)15(22)18-2/h5-8H,1-4H3,(H,18,22)(H,19,23). The summed E-state index contributed by atoms with van der Waals surface area (Å²) < 4.78 is 6.91. The van der Waals surface area contributed by atoms with Crippen LogP contribution in [0.5, 0.6) is 5.75 Å². The summed E-state index contributed by atoms with van der Waals surface area (Å²) in [5.74, 6) is -0.0262. The third kappa shape index (κ3) is 3.08. The molecule has 3 rings (SSSR count). The highest BCUT2D eigenvalue weighted by atomic mass is 32.1. The van der Waals surface area contributed by atoms with Gasteiger partial charge in [0.15, 0.2) is 0 Å². The van der Waals surface area contributed by atoms with Crippen molar-refractivity contribution in [1.82, 2.24) is 15.1 Å². The minimum absolute atomic E-state index is 0.268. The van der Waals surface area contributed by atoms with Crippen molar-refractivity contribution in [3.8, 4) is 5.75 Å². The van der Waals surface area contributed by atoms with E-state index >= 15 is 0 Å². The number of ether oxygens (including phenoxy) is 1. The van der Waals surface area contributed by atoms with Gasteiger partial charge in [0.05, 0.1) is 28.9 Å². The lowest BCUT2D eigenvalue weighted by molar-refractivity contribution is 0.0963. The first-order chi connectivity index (χ1) is 11.9. The second-order valence-electron chi connectivity index (χ2n) is 5.48. The van der Waals surface area contributed by atoms with Crippen LogP contribution in [0.25, 0.3) is 10.2 Å². The molecule has 0 saturated heterocycles. The molecule has 0 saturated carbocycles. The predicted octanol–water partition coefficient (Wildman–Crippen LogP) is 2.56. The van der Waals surface area contributed by atoms with E-state index < -0.39 is 0 Å². The topological polar surface area (TPSA) is 85.2 Å². The van der Waals surface area contributed by atoms with Crippen LogP contribution in [0.2, 0.25) is 0 Å². The van der Waals surface area contributed by atoms with Crippen molar-refractivity contribution in [2.24, 2.45) is 7.05 Å². The average Bonchev–Trinajstić information content (AvgIpc) is 3.16. The van der Waals surface area contributed by atoms with Gasteiger partial charge in [-0.2, -0.15) is 5.10 Å². The Morgan fingerprint density at radius 2 is 2.00 bits per heavy atom. The minimum atomic E-state index is -0.300. The van der Waals surface area contributed by atoms with Gasteiger partial charge in [-0.25, -0.2) is 0 Å². The van der Waals surface area contributed by atoms with Crippen molar-refractivity contribution in [2.45, 2.75) is 6.92 Å². The first kappa shape index (κ1) is 17.0. The maximum Gasteiger partial charge on any atom is 0.265 e. The molecule has 0 fully saturated rings. The summed E-state index contributed by atoms with van der Waals surface area (Å²) in [6, 6.07) is 6.76. The number of amides is 2. The van der Waals surface area contributed by atoms with Crippen molar-refractivity contribution in [2.75, 3.05) is 19.5 Å². The van der Waals surface area contributed by atoms with Gasteiger partial charge in [-0.1, -0.05) is 0 Å². The lowest BCUT2D eigenvalue weighted by Crippen LogP contribution is -2.21. The number of aromatic nitrogens is 2. The van der Waals surface area contributed by atoms with E-state index in [1.807, 2.05) is 20.0 Å². The van der Waals surface area contributed by atoms with E-state index in [0.29, 0.717) is 21.9 Å². The molecule has 130 valence electrons. The second kappa shape index (κ2) is 6.56. The van der Waals surface area contributed by atoms with Crippen LogP contribution < -0.4 is 15.4 Å². The van der Waals surface area contributed by atoms with Crippen molar-refractivity contribution >= 4 is 39.1 Å². The molecule has 3 aromatic rings. The van der Waals surface area contributed by atoms with E-state index in [2.05, 4.69) is 15.7 Å². The van der Waals surface area contributed by atoms with E-state index in [-0.39, 0.29) is 11.8 Å². The summed E-state index contributed by atoms with van der Waals surface area (Å²) in [5, 5.41) is 10.7. The Morgan fingerprint density at radius 3 is 2.64 bits per heavy atom. The molecule has 0 aliphatic carbocycles. The highest BCUT2D eigenvalue weighted by Gasteiger charge is 2.18. The van der Waals surface area contributed by atoms with Crippen LogP contribution in [-0.2, 0) is 7.05 Å². The van der Waals surface area contributed by atoms with Gasteiger partial charge in [-0.05, 0) is 31.2 Å². The van der Waals surface area contributed by atoms with Gasteiger partial charge in [0.25, 0.3) is 11.8 Å². The summed E-state index contributed by atoms with van der Waals surface area (Å²) in [6.07, 6.45) is 0. The number of fused-ring (bicyclic) bond motifs is 1. The summed E-state index contributed by atoms with van der Waals surface area (Å²) in [5.41, 5.74) is 1.65. The molecule has 0 aliphatic rings. The van der Waals surface area contributed by atoms with E-state index in [9.17, 15) is 9.59 Å². The fourth-order valence-electron chi connectivity index (χ4n) is 2.58. The molecule has 2 N–H and O–H groups in total. The van der Waals surface area contributed by atoms with Crippen molar-refractivity contribution < 1.29 is 14.3 Å². The molecule has 8 heteroatoms. The zero-order valence-corrected chi connectivity index (χ0v) is 15.2. The van der Waals surface area contributed by atoms with Crippen LogP contribution in [0.4, 0.5) is 5.69 Å². The van der Waals surface area contributed by atoms with Crippen molar-refractivity contribution in [1.29, 1.82) is 0 Å². The number of carbonyl (C=O) groups excluding carboxylic acids is 2. The van der Waals surface area contributed by atoms with Crippen LogP contribution in [-0.4, -0.2) is 35.8 Å². The monoisotopic (exact) mass is 358 g/mol. The molecule has 0 aliphatic heterocycles. The number of hydrogen-bond acceptors (Lipinski definition) is 5. The number of nitrogens with zero attached hydrogens (tertiary/aromatic N) is 2. The molecule has 2 heterocycles. The zero-order valence-electron chi connectivity index (χ0n) is 14.3. The average molecular weight is 358 g/mol. The lowest BCUT2D eigenvalue weighted by Gasteiger charge is -2.11. The van der Waals surface area contributed by atoms with Gasteiger partial charge < -0.3 is 15.4 Å². The number of carbonyl (C=O) groups is 2. The Balaban J connectivity index is 1.94. The zero-order chi connectivity index (χ0) is 18.1. The molecule has 7 nitrogen and oxygen atoms in total. The molecule has 0 atom stereocenters. The lowest BCUT2D eigenvalue weighted by atomic mass is 10.1. The quantitative estimate of drug-likeness (QED) is 0.751. The molecule has 25 heavy (non-hydrogen) atoms. The van der Waals surface area contributed by atoms with Crippen LogP contribution in [0.1, 0.15) is 25.7 Å². The molecular weight excluding hydrogens is 340 g/mol. The Kier molecular flexibility index (Phi) is 4.45. The maximum atomic E-state index is 12.6. The third-order valence-electron chi connectivity index (χ3n) is 3.87. The highest BCUT2D eigenvalue weighted by Crippen LogP contribution is 2.29. The number of anilines is 1. The number of aryl methyl sites for hydroxylation is 2. The molecule has 0 spiro atoms. The molecule has 2 aromatic heterocycles. The van der Waals surface area contributed by atoms with Gasteiger partial charge in [-0.15, -0.1) is 11.3 Å². The predicted molar refractivity (Wildman–Crippen MR) is 97.7 cm³/mol. The van der Waals surface area contributed by atoms with Crippen LogP contribution in [0, 0.1) is 6.92 Å². The van der Waals surface area contributed by atoms with Crippen LogP contribution in [0.15, 0.2) is 24.3 Å². The van der Waals surface area contributed by atoms with E-state index in [1.165, 1.54) is 25.5 Å². The Morgan fingerprint density at radius 1 is 1.24 bits per heavy atom. The Bertz CT molecular complexity index is 939. The minimum Gasteiger partial charge on any atom is -0.497 e. The fraction of sp³-hybridized carbons (Fsp3) is 0.235. The smallest absolute Gasteiger partial charge is 0.265 e.